The van der Waals surface area contributed by atoms with Crippen LogP contribution in [0.5, 0.6) is 0 Å². The van der Waals surface area contributed by atoms with Crippen LogP contribution in [0.3, 0.4) is 0 Å². The van der Waals surface area contributed by atoms with Gasteiger partial charge in [0.05, 0.1) is 5.25 Å². The molecule has 190 valence electrons. The van der Waals surface area contributed by atoms with E-state index in [2.05, 4.69) is 5.32 Å². The van der Waals surface area contributed by atoms with Gasteiger partial charge in [-0.25, -0.2) is 0 Å². The molecule has 0 spiro atoms. The van der Waals surface area contributed by atoms with E-state index in [-0.39, 0.29) is 59.9 Å². The molecule has 0 aliphatic carbocycles. The minimum atomic E-state index is -4.66. The molecule has 2 unspecified atom stereocenters. The van der Waals surface area contributed by atoms with E-state index in [4.69, 9.17) is 5.11 Å². The lowest BCUT2D eigenvalue weighted by Gasteiger charge is -2.22. The number of likely N-dealkylation sites (tertiary alicyclic amines) is 1. The summed E-state index contributed by atoms with van der Waals surface area (Å²) in [5.74, 6) is -2.23. The van der Waals surface area contributed by atoms with Gasteiger partial charge in [0.2, 0.25) is 17.7 Å². The predicted octanol–water partition coefficient (Wildman–Crippen LogP) is 2.04. The molecule has 3 amide bonds. The Morgan fingerprint density at radius 1 is 1.27 bits per heavy atom. The van der Waals surface area contributed by atoms with Gasteiger partial charge in [-0.1, -0.05) is 35.4 Å². The number of thioether (sulfide) groups is 1. The molecular formula is C19H32N2O8S4. The summed E-state index contributed by atoms with van der Waals surface area (Å²) in [6, 6.07) is 0. The van der Waals surface area contributed by atoms with Gasteiger partial charge in [-0.05, 0) is 31.9 Å². The van der Waals surface area contributed by atoms with Crippen LogP contribution in [0.2, 0.25) is 0 Å². The lowest BCUT2D eigenvalue weighted by molar-refractivity contribution is -0.139. The number of carboxylic acids is 1. The highest BCUT2D eigenvalue weighted by Crippen LogP contribution is 2.39. The number of imide groups is 1. The standard InChI is InChI=1S/C19H32N2O8S4/c1-12(2)31-13-11-15(22)21(18(13)26)9-8-20-17(25)14(33(27,28)29)6-10-30-32-19(3,4)7-5-16(23)24/h12-14H,5-11H2,1-4H3,(H,20,25)(H,23,24)(H,27,28,29). The summed E-state index contributed by atoms with van der Waals surface area (Å²) >= 11 is 1.40. The molecule has 33 heavy (non-hydrogen) atoms. The van der Waals surface area contributed by atoms with E-state index >= 15 is 0 Å². The Kier molecular flexibility index (Phi) is 12.0. The minimum Gasteiger partial charge on any atom is -0.481 e. The average Bonchev–Trinajstić information content (AvgIpc) is 2.92. The first-order valence-corrected chi connectivity index (χ1v) is 15.2. The minimum absolute atomic E-state index is 0.00946. The molecule has 0 saturated carbocycles. The van der Waals surface area contributed by atoms with E-state index < -0.39 is 32.5 Å². The monoisotopic (exact) mass is 544 g/mol. The predicted molar refractivity (Wildman–Crippen MR) is 132 cm³/mol. The van der Waals surface area contributed by atoms with E-state index in [1.807, 2.05) is 27.7 Å². The van der Waals surface area contributed by atoms with Gasteiger partial charge < -0.3 is 10.4 Å². The zero-order chi connectivity index (χ0) is 25.4. The fourth-order valence-electron chi connectivity index (χ4n) is 2.95. The molecular weight excluding hydrogens is 512 g/mol. The summed E-state index contributed by atoms with van der Waals surface area (Å²) < 4.78 is 32.5. The van der Waals surface area contributed by atoms with Gasteiger partial charge in [-0.3, -0.25) is 28.6 Å². The van der Waals surface area contributed by atoms with E-state index in [0.717, 1.165) is 4.90 Å². The van der Waals surface area contributed by atoms with Crippen LogP contribution in [0.15, 0.2) is 0 Å². The second-order valence-electron chi connectivity index (χ2n) is 8.40. The Hall–Kier alpha value is -0.960. The maximum Gasteiger partial charge on any atom is 0.303 e. The molecule has 0 aromatic heterocycles. The number of rotatable bonds is 15. The van der Waals surface area contributed by atoms with Crippen molar-refractivity contribution in [3.8, 4) is 0 Å². The smallest absolute Gasteiger partial charge is 0.303 e. The first-order chi connectivity index (χ1) is 15.1. The maximum atomic E-state index is 12.4. The molecule has 1 fully saturated rings. The zero-order valence-electron chi connectivity index (χ0n) is 19.1. The van der Waals surface area contributed by atoms with Crippen molar-refractivity contribution in [3.63, 3.8) is 0 Å². The van der Waals surface area contributed by atoms with E-state index in [9.17, 15) is 32.1 Å². The van der Waals surface area contributed by atoms with Crippen LogP contribution in [0.1, 0.15) is 53.4 Å². The molecule has 1 aliphatic heterocycles. The highest BCUT2D eigenvalue weighted by molar-refractivity contribution is 8.77. The fourth-order valence-corrected chi connectivity index (χ4v) is 7.67. The lowest BCUT2D eigenvalue weighted by Crippen LogP contribution is -2.44. The highest BCUT2D eigenvalue weighted by atomic mass is 33.1. The van der Waals surface area contributed by atoms with Crippen molar-refractivity contribution in [2.75, 3.05) is 18.8 Å². The molecule has 3 N–H and O–H groups in total. The first-order valence-electron chi connectivity index (χ1n) is 10.4. The molecule has 2 atom stereocenters. The second-order valence-corrected chi connectivity index (χ2v) is 14.9. The van der Waals surface area contributed by atoms with Crippen molar-refractivity contribution >= 4 is 67.2 Å². The van der Waals surface area contributed by atoms with E-state index in [0.29, 0.717) is 6.42 Å². The topological polar surface area (TPSA) is 158 Å². The summed E-state index contributed by atoms with van der Waals surface area (Å²) in [7, 11) is -1.98. The van der Waals surface area contributed by atoms with Crippen molar-refractivity contribution in [2.45, 2.75) is 73.9 Å². The van der Waals surface area contributed by atoms with Crippen LogP contribution >= 0.6 is 33.3 Å². The van der Waals surface area contributed by atoms with Crippen LogP contribution < -0.4 is 5.32 Å². The number of carbonyl (C=O) groups is 4. The van der Waals surface area contributed by atoms with Crippen LogP contribution in [0, 0.1) is 0 Å². The first kappa shape index (κ1) is 30.1. The van der Waals surface area contributed by atoms with Crippen LogP contribution in [-0.2, 0) is 29.3 Å². The van der Waals surface area contributed by atoms with Gasteiger partial charge in [0.25, 0.3) is 10.1 Å². The molecule has 1 heterocycles. The molecule has 0 radical (unpaired) electrons. The Morgan fingerprint density at radius 3 is 2.45 bits per heavy atom. The van der Waals surface area contributed by atoms with Gasteiger partial charge in [0.15, 0.2) is 5.25 Å². The second kappa shape index (κ2) is 13.2. The van der Waals surface area contributed by atoms with Crippen molar-refractivity contribution in [1.29, 1.82) is 0 Å². The Bertz CT molecular complexity index is 832. The SMILES string of the molecule is CC(C)SC1CC(=O)N(CCNC(=O)C(CCSSC(C)(C)CCC(=O)O)S(=O)(=O)O)C1=O. The van der Waals surface area contributed by atoms with Crippen LogP contribution in [-0.4, -0.2) is 86.0 Å². The molecule has 1 rings (SSSR count). The number of aliphatic carboxylic acids is 1. The normalized spacial score (nSPS) is 18.1. The van der Waals surface area contributed by atoms with Crippen LogP contribution in [0.4, 0.5) is 0 Å². The fraction of sp³-hybridized carbons (Fsp3) is 0.789. The van der Waals surface area contributed by atoms with Gasteiger partial charge in [0.1, 0.15) is 0 Å². The third-order valence-electron chi connectivity index (χ3n) is 4.61. The number of carbonyl (C=O) groups excluding carboxylic acids is 3. The van der Waals surface area contributed by atoms with Gasteiger partial charge >= 0.3 is 5.97 Å². The number of hydrogen-bond acceptors (Lipinski definition) is 9. The summed E-state index contributed by atoms with van der Waals surface area (Å²) in [6.45, 7) is 7.39. The Balaban J connectivity index is 2.53. The molecule has 0 bridgehead atoms. The third kappa shape index (κ3) is 10.9. The number of carboxylic acid groups (broad SMARTS) is 1. The lowest BCUT2D eigenvalue weighted by atomic mass is 10.1. The van der Waals surface area contributed by atoms with Crippen molar-refractivity contribution < 1.29 is 37.3 Å². The summed E-state index contributed by atoms with van der Waals surface area (Å²) in [6.07, 6.45) is 0.384. The third-order valence-corrected chi connectivity index (χ3v) is 10.4. The Morgan fingerprint density at radius 2 is 1.91 bits per heavy atom. The van der Waals surface area contributed by atoms with E-state index in [1.54, 1.807) is 0 Å². The summed E-state index contributed by atoms with van der Waals surface area (Å²) in [5.41, 5.74) is 0. The van der Waals surface area contributed by atoms with E-state index in [1.165, 1.54) is 33.3 Å². The molecule has 0 aromatic rings. The van der Waals surface area contributed by atoms with Gasteiger partial charge in [-0.15, -0.1) is 11.8 Å². The molecule has 1 saturated heterocycles. The van der Waals surface area contributed by atoms with Crippen LogP contribution in [0.25, 0.3) is 0 Å². The number of amides is 3. The number of hydrogen-bond donors (Lipinski definition) is 3. The van der Waals surface area contributed by atoms with Gasteiger partial charge in [-0.2, -0.15) is 8.42 Å². The van der Waals surface area contributed by atoms with Gasteiger partial charge in [0, 0.05) is 36.4 Å². The number of nitrogens with zero attached hydrogens (tertiary/aromatic N) is 1. The molecule has 14 heteroatoms. The van der Waals surface area contributed by atoms with Crippen molar-refractivity contribution in [2.24, 2.45) is 0 Å². The zero-order valence-corrected chi connectivity index (χ0v) is 22.4. The molecule has 1 aliphatic rings. The Labute approximate surface area is 206 Å². The average molecular weight is 545 g/mol. The quantitative estimate of drug-likeness (QED) is 0.120. The summed E-state index contributed by atoms with van der Waals surface area (Å²) in [4.78, 5) is 48.6. The maximum absolute atomic E-state index is 12.4. The highest BCUT2D eigenvalue weighted by Gasteiger charge is 2.39. The summed E-state index contributed by atoms with van der Waals surface area (Å²) in [5, 5.41) is 9.23. The molecule has 10 nitrogen and oxygen atoms in total. The molecule has 0 aromatic carbocycles. The van der Waals surface area contributed by atoms with Crippen molar-refractivity contribution in [3.05, 3.63) is 0 Å². The van der Waals surface area contributed by atoms with Crippen molar-refractivity contribution in [1.82, 2.24) is 10.2 Å². The largest absolute Gasteiger partial charge is 0.481 e. The number of nitrogens with one attached hydrogen (secondary N) is 1.